The molecule has 2 N–H and O–H groups in total. The summed E-state index contributed by atoms with van der Waals surface area (Å²) in [5.74, 6) is -0.155. The molecule has 1 aromatic carbocycles. The van der Waals surface area contributed by atoms with Gasteiger partial charge in [0.1, 0.15) is 0 Å². The Kier molecular flexibility index (Phi) is 2.90. The monoisotopic (exact) mass is 312 g/mol. The topological polar surface area (TPSA) is 46.3 Å². The molecule has 1 aromatic rings. The number of hydrogen-bond acceptors (Lipinski definition) is 2. The Morgan fingerprint density at radius 3 is 2.61 bits per heavy atom. The maximum absolute atomic E-state index is 14.5. The number of benzene rings is 1. The average molecular weight is 313 g/mol. The molecule has 1 saturated heterocycles. The van der Waals surface area contributed by atoms with Crippen LogP contribution in [0, 0.1) is 5.82 Å². The lowest BCUT2D eigenvalue weighted by atomic mass is 10.1. The zero-order chi connectivity index (χ0) is 12.9. The third-order valence-electron chi connectivity index (χ3n) is 3.63. The Morgan fingerprint density at radius 1 is 1.33 bits per heavy atom. The molecule has 1 atom stereocenters. The second kappa shape index (κ2) is 4.31. The van der Waals surface area contributed by atoms with E-state index in [1.807, 2.05) is 6.07 Å². The number of amides is 1. The Bertz CT molecular complexity index is 516. The molecule has 1 amide bonds. The third-order valence-corrected chi connectivity index (χ3v) is 4.32. The highest BCUT2D eigenvalue weighted by Gasteiger charge is 2.35. The van der Waals surface area contributed by atoms with Crippen LogP contribution in [-0.4, -0.2) is 18.5 Å². The predicted molar refractivity (Wildman–Crippen MR) is 71.0 cm³/mol. The van der Waals surface area contributed by atoms with Crippen LogP contribution < -0.4 is 10.6 Å². The normalized spacial score (nSPS) is 23.8. The van der Waals surface area contributed by atoms with E-state index in [1.165, 1.54) is 4.90 Å². The molecule has 0 bridgehead atoms. The number of anilines is 1. The summed E-state index contributed by atoms with van der Waals surface area (Å²) in [6.07, 6.45) is 2.63. The Labute approximate surface area is 113 Å². The molecule has 0 aromatic heterocycles. The van der Waals surface area contributed by atoms with E-state index in [0.29, 0.717) is 30.1 Å². The van der Waals surface area contributed by atoms with E-state index in [2.05, 4.69) is 15.9 Å². The number of carbonyl (C=O) groups is 1. The van der Waals surface area contributed by atoms with Gasteiger partial charge in [0.05, 0.1) is 11.7 Å². The lowest BCUT2D eigenvalue weighted by molar-refractivity contribution is -0.118. The van der Waals surface area contributed by atoms with E-state index in [1.54, 1.807) is 6.07 Å². The Morgan fingerprint density at radius 2 is 2.06 bits per heavy atom. The maximum Gasteiger partial charge on any atom is 0.244 e. The van der Waals surface area contributed by atoms with Crippen LogP contribution >= 0.6 is 15.9 Å². The second-order valence-corrected chi connectivity index (χ2v) is 5.81. The zero-order valence-corrected chi connectivity index (χ0v) is 11.4. The number of nitrogens with two attached hydrogens (primary N) is 1. The molecule has 2 fully saturated rings. The summed E-state index contributed by atoms with van der Waals surface area (Å²) in [6.45, 7) is 0.503. The van der Waals surface area contributed by atoms with Crippen LogP contribution in [0.15, 0.2) is 16.6 Å². The van der Waals surface area contributed by atoms with Crippen molar-refractivity contribution in [2.75, 3.05) is 11.4 Å². The quantitative estimate of drug-likeness (QED) is 0.912. The summed E-state index contributed by atoms with van der Waals surface area (Å²) in [6, 6.07) is 2.99. The van der Waals surface area contributed by atoms with Crippen molar-refractivity contribution in [2.24, 2.45) is 5.73 Å². The first-order valence-electron chi connectivity index (χ1n) is 6.14. The van der Waals surface area contributed by atoms with Gasteiger partial charge in [0, 0.05) is 16.6 Å². The molecule has 2 aliphatic rings. The summed E-state index contributed by atoms with van der Waals surface area (Å²) in [4.78, 5) is 13.3. The SMILES string of the molecule is NC1CCN(c2ccc(Br)c(C3CC3)c2F)C1=O. The van der Waals surface area contributed by atoms with E-state index in [0.717, 1.165) is 17.3 Å². The highest BCUT2D eigenvalue weighted by molar-refractivity contribution is 9.10. The van der Waals surface area contributed by atoms with E-state index in [9.17, 15) is 9.18 Å². The van der Waals surface area contributed by atoms with Gasteiger partial charge in [-0.15, -0.1) is 0 Å². The van der Waals surface area contributed by atoms with E-state index in [-0.39, 0.29) is 11.7 Å². The van der Waals surface area contributed by atoms with Crippen molar-refractivity contribution in [1.29, 1.82) is 0 Å². The molecule has 1 saturated carbocycles. The molecule has 1 unspecified atom stereocenters. The van der Waals surface area contributed by atoms with Crippen molar-refractivity contribution < 1.29 is 9.18 Å². The van der Waals surface area contributed by atoms with Gasteiger partial charge in [-0.2, -0.15) is 0 Å². The Hall–Kier alpha value is -0.940. The third kappa shape index (κ3) is 1.86. The van der Waals surface area contributed by atoms with Crippen molar-refractivity contribution in [1.82, 2.24) is 0 Å². The van der Waals surface area contributed by atoms with E-state index in [4.69, 9.17) is 5.73 Å². The summed E-state index contributed by atoms with van der Waals surface area (Å²) in [5, 5.41) is 0. The van der Waals surface area contributed by atoms with Gasteiger partial charge in [-0.05, 0) is 37.3 Å². The van der Waals surface area contributed by atoms with Crippen molar-refractivity contribution in [2.45, 2.75) is 31.2 Å². The largest absolute Gasteiger partial charge is 0.320 e. The first-order valence-corrected chi connectivity index (χ1v) is 6.93. The van der Waals surface area contributed by atoms with E-state index < -0.39 is 6.04 Å². The van der Waals surface area contributed by atoms with Crippen LogP contribution in [0.4, 0.5) is 10.1 Å². The maximum atomic E-state index is 14.5. The zero-order valence-electron chi connectivity index (χ0n) is 9.83. The molecular formula is C13H14BrFN2O. The summed E-state index contributed by atoms with van der Waals surface area (Å²) in [5.41, 5.74) is 6.76. The summed E-state index contributed by atoms with van der Waals surface area (Å²) < 4.78 is 15.3. The molecule has 18 heavy (non-hydrogen) atoms. The van der Waals surface area contributed by atoms with Gasteiger partial charge >= 0.3 is 0 Å². The summed E-state index contributed by atoms with van der Waals surface area (Å²) >= 11 is 3.39. The van der Waals surface area contributed by atoms with Gasteiger partial charge in [0.25, 0.3) is 0 Å². The van der Waals surface area contributed by atoms with Gasteiger partial charge < -0.3 is 10.6 Å². The molecule has 1 aliphatic carbocycles. The van der Waals surface area contributed by atoms with Crippen molar-refractivity contribution in [3.05, 3.63) is 28.0 Å². The number of rotatable bonds is 2. The van der Waals surface area contributed by atoms with Gasteiger partial charge in [-0.25, -0.2) is 4.39 Å². The average Bonchev–Trinajstić information content (AvgIpc) is 3.10. The molecule has 0 radical (unpaired) electrons. The highest BCUT2D eigenvalue weighted by atomic mass is 79.9. The molecule has 0 spiro atoms. The molecular weight excluding hydrogens is 299 g/mol. The molecule has 1 heterocycles. The number of nitrogens with zero attached hydrogens (tertiary/aromatic N) is 1. The fraction of sp³-hybridized carbons (Fsp3) is 0.462. The van der Waals surface area contributed by atoms with Crippen molar-refractivity contribution in [3.63, 3.8) is 0 Å². The van der Waals surface area contributed by atoms with Crippen LogP contribution in [0.25, 0.3) is 0 Å². The molecule has 3 nitrogen and oxygen atoms in total. The lowest BCUT2D eigenvalue weighted by Gasteiger charge is -2.19. The lowest BCUT2D eigenvalue weighted by Crippen LogP contribution is -2.34. The molecule has 3 rings (SSSR count). The predicted octanol–water partition coefficient (Wildman–Crippen LogP) is 2.53. The van der Waals surface area contributed by atoms with Gasteiger partial charge in [0.15, 0.2) is 5.82 Å². The van der Waals surface area contributed by atoms with Crippen molar-refractivity contribution >= 4 is 27.5 Å². The van der Waals surface area contributed by atoms with Crippen LogP contribution in [0.1, 0.15) is 30.7 Å². The van der Waals surface area contributed by atoms with Gasteiger partial charge in [-0.3, -0.25) is 4.79 Å². The van der Waals surface area contributed by atoms with Gasteiger partial charge in [0.2, 0.25) is 5.91 Å². The minimum absolute atomic E-state index is 0.182. The second-order valence-electron chi connectivity index (χ2n) is 4.95. The van der Waals surface area contributed by atoms with Crippen LogP contribution in [0.3, 0.4) is 0 Å². The minimum atomic E-state index is -0.488. The van der Waals surface area contributed by atoms with Crippen LogP contribution in [0.2, 0.25) is 0 Å². The highest BCUT2D eigenvalue weighted by Crippen LogP contribution is 2.46. The van der Waals surface area contributed by atoms with Crippen LogP contribution in [0.5, 0.6) is 0 Å². The summed E-state index contributed by atoms with van der Waals surface area (Å²) in [7, 11) is 0. The van der Waals surface area contributed by atoms with Gasteiger partial charge in [-0.1, -0.05) is 15.9 Å². The number of halogens is 2. The Balaban J connectivity index is 2.02. The standard InChI is InChI=1S/C13H14BrFN2O/c14-8-3-4-10(12(15)11(8)7-1-2-7)17-6-5-9(16)13(17)18/h3-4,7,9H,1-2,5-6,16H2. The first kappa shape index (κ1) is 12.1. The van der Waals surface area contributed by atoms with Crippen LogP contribution in [-0.2, 0) is 4.79 Å². The number of hydrogen-bond donors (Lipinski definition) is 1. The fourth-order valence-corrected chi connectivity index (χ4v) is 3.08. The van der Waals surface area contributed by atoms with Crippen molar-refractivity contribution in [3.8, 4) is 0 Å². The fourth-order valence-electron chi connectivity index (χ4n) is 2.45. The smallest absolute Gasteiger partial charge is 0.244 e. The first-order chi connectivity index (χ1) is 8.59. The van der Waals surface area contributed by atoms with E-state index >= 15 is 0 Å². The number of carbonyl (C=O) groups excluding carboxylic acids is 1. The molecule has 1 aliphatic heterocycles. The minimum Gasteiger partial charge on any atom is -0.320 e. The molecule has 96 valence electrons. The molecule has 5 heteroatoms.